The summed E-state index contributed by atoms with van der Waals surface area (Å²) in [4.78, 5) is 21.5. The number of amides is 1. The molecule has 128 valence electrons. The Balaban J connectivity index is 1.40. The first-order chi connectivity index (χ1) is 11.7. The van der Waals surface area contributed by atoms with E-state index in [0.717, 1.165) is 37.0 Å². The van der Waals surface area contributed by atoms with Crippen molar-refractivity contribution in [3.8, 4) is 0 Å². The Morgan fingerprint density at radius 3 is 2.75 bits per heavy atom. The van der Waals surface area contributed by atoms with Crippen LogP contribution in [0.4, 0.5) is 6.01 Å². The van der Waals surface area contributed by atoms with Crippen LogP contribution in [0.15, 0.2) is 28.7 Å². The molecule has 2 aromatic rings. The smallest absolute Gasteiger partial charge is 0.298 e. The molecule has 2 aliphatic rings. The number of nitrogens with zero attached hydrogens (tertiary/aromatic N) is 3. The highest BCUT2D eigenvalue weighted by Gasteiger charge is 2.33. The summed E-state index contributed by atoms with van der Waals surface area (Å²) in [6.45, 7) is 5.69. The third kappa shape index (κ3) is 2.86. The van der Waals surface area contributed by atoms with Crippen molar-refractivity contribution in [1.82, 2.24) is 9.88 Å². The van der Waals surface area contributed by atoms with Gasteiger partial charge < -0.3 is 19.0 Å². The Morgan fingerprint density at radius 1 is 1.21 bits per heavy atom. The van der Waals surface area contributed by atoms with Crippen molar-refractivity contribution in [3.05, 3.63) is 24.3 Å². The fraction of sp³-hybridized carbons (Fsp3) is 0.556. The van der Waals surface area contributed by atoms with Crippen LogP contribution in [0.3, 0.4) is 0 Å². The Morgan fingerprint density at radius 2 is 2.00 bits per heavy atom. The molecule has 0 saturated carbocycles. The van der Waals surface area contributed by atoms with Crippen LogP contribution in [0.1, 0.15) is 19.8 Å². The van der Waals surface area contributed by atoms with Gasteiger partial charge in [-0.3, -0.25) is 4.79 Å². The Labute approximate surface area is 141 Å². The second kappa shape index (κ2) is 6.43. The van der Waals surface area contributed by atoms with E-state index < -0.39 is 0 Å². The highest BCUT2D eigenvalue weighted by molar-refractivity contribution is 5.79. The molecule has 1 amide bonds. The van der Waals surface area contributed by atoms with Gasteiger partial charge in [0.15, 0.2) is 5.58 Å². The summed E-state index contributed by atoms with van der Waals surface area (Å²) in [6.07, 6.45) is 1.70. The zero-order chi connectivity index (χ0) is 16.5. The number of aromatic nitrogens is 1. The van der Waals surface area contributed by atoms with Crippen molar-refractivity contribution in [2.45, 2.75) is 25.8 Å². The molecule has 2 saturated heterocycles. The van der Waals surface area contributed by atoms with Gasteiger partial charge in [-0.25, -0.2) is 0 Å². The first-order valence-corrected chi connectivity index (χ1v) is 8.71. The maximum atomic E-state index is 12.8. The normalized spacial score (nSPS) is 23.0. The predicted molar refractivity (Wildman–Crippen MR) is 90.9 cm³/mol. The average molecular weight is 329 g/mol. The second-order valence-corrected chi connectivity index (χ2v) is 6.68. The highest BCUT2D eigenvalue weighted by atomic mass is 16.5. The number of para-hydroxylation sites is 2. The van der Waals surface area contributed by atoms with E-state index in [1.165, 1.54) is 0 Å². The van der Waals surface area contributed by atoms with E-state index >= 15 is 0 Å². The third-order valence-electron chi connectivity index (χ3n) is 5.05. The maximum absolute atomic E-state index is 12.8. The SMILES string of the molecule is C[C@@H]1COCCN1C(=O)C1CCN(c2nc3ccccc3o2)CC1. The van der Waals surface area contributed by atoms with E-state index in [-0.39, 0.29) is 17.9 Å². The van der Waals surface area contributed by atoms with Gasteiger partial charge in [-0.05, 0) is 31.9 Å². The number of carbonyl (C=O) groups excluding carboxylic acids is 1. The van der Waals surface area contributed by atoms with Crippen LogP contribution in [0.5, 0.6) is 0 Å². The summed E-state index contributed by atoms with van der Waals surface area (Å²) in [5.41, 5.74) is 1.70. The molecule has 6 nitrogen and oxygen atoms in total. The van der Waals surface area contributed by atoms with Crippen LogP contribution in [-0.2, 0) is 9.53 Å². The molecular formula is C18H23N3O3. The number of carbonyl (C=O) groups is 1. The number of oxazole rings is 1. The summed E-state index contributed by atoms with van der Waals surface area (Å²) >= 11 is 0. The summed E-state index contributed by atoms with van der Waals surface area (Å²) in [7, 11) is 0. The molecule has 6 heteroatoms. The molecule has 0 spiro atoms. The number of benzene rings is 1. The molecule has 1 aromatic carbocycles. The quantitative estimate of drug-likeness (QED) is 0.846. The minimum absolute atomic E-state index is 0.103. The lowest BCUT2D eigenvalue weighted by Crippen LogP contribution is -2.51. The lowest BCUT2D eigenvalue weighted by Gasteiger charge is -2.38. The van der Waals surface area contributed by atoms with Crippen LogP contribution >= 0.6 is 0 Å². The van der Waals surface area contributed by atoms with Gasteiger partial charge in [0.05, 0.1) is 19.3 Å². The predicted octanol–water partition coefficient (Wildman–Crippen LogP) is 2.29. The number of rotatable bonds is 2. The van der Waals surface area contributed by atoms with Gasteiger partial charge in [0.25, 0.3) is 6.01 Å². The molecule has 1 aromatic heterocycles. The van der Waals surface area contributed by atoms with Gasteiger partial charge in [0.2, 0.25) is 5.91 Å². The minimum Gasteiger partial charge on any atom is -0.423 e. The van der Waals surface area contributed by atoms with Gasteiger partial charge >= 0.3 is 0 Å². The lowest BCUT2D eigenvalue weighted by molar-refractivity contribution is -0.144. The zero-order valence-electron chi connectivity index (χ0n) is 14.0. The zero-order valence-corrected chi connectivity index (χ0v) is 14.0. The Kier molecular flexibility index (Phi) is 4.14. The Hall–Kier alpha value is -2.08. The summed E-state index contributed by atoms with van der Waals surface area (Å²) in [5, 5.41) is 0. The summed E-state index contributed by atoms with van der Waals surface area (Å²) in [6, 6.07) is 8.65. The molecule has 0 unspecified atom stereocenters. The van der Waals surface area contributed by atoms with E-state index in [1.807, 2.05) is 29.2 Å². The van der Waals surface area contributed by atoms with Crippen molar-refractivity contribution in [2.24, 2.45) is 5.92 Å². The molecule has 2 aliphatic heterocycles. The number of ether oxygens (including phenoxy) is 1. The van der Waals surface area contributed by atoms with Crippen LogP contribution in [0.25, 0.3) is 11.1 Å². The largest absolute Gasteiger partial charge is 0.423 e. The Bertz CT molecular complexity index is 688. The summed E-state index contributed by atoms with van der Waals surface area (Å²) < 4.78 is 11.3. The van der Waals surface area contributed by atoms with Crippen molar-refractivity contribution in [3.63, 3.8) is 0 Å². The minimum atomic E-state index is 0.103. The van der Waals surface area contributed by atoms with Crippen LogP contribution in [0, 0.1) is 5.92 Å². The van der Waals surface area contributed by atoms with E-state index in [9.17, 15) is 4.79 Å². The second-order valence-electron chi connectivity index (χ2n) is 6.68. The number of piperidine rings is 1. The number of hydrogen-bond acceptors (Lipinski definition) is 5. The highest BCUT2D eigenvalue weighted by Crippen LogP contribution is 2.27. The topological polar surface area (TPSA) is 58.8 Å². The van der Waals surface area contributed by atoms with Crippen LogP contribution in [0.2, 0.25) is 0 Å². The van der Waals surface area contributed by atoms with E-state index in [2.05, 4.69) is 16.8 Å². The standard InChI is InChI=1S/C18H23N3O3/c1-13-12-23-11-10-21(13)17(22)14-6-8-20(9-7-14)18-19-15-4-2-3-5-16(15)24-18/h2-5,13-14H,6-12H2,1H3/t13-/m1/s1. The van der Waals surface area contributed by atoms with E-state index in [4.69, 9.17) is 9.15 Å². The number of anilines is 1. The number of hydrogen-bond donors (Lipinski definition) is 0. The molecular weight excluding hydrogens is 306 g/mol. The molecule has 0 aliphatic carbocycles. The van der Waals surface area contributed by atoms with Crippen molar-refractivity contribution in [1.29, 1.82) is 0 Å². The monoisotopic (exact) mass is 329 g/mol. The van der Waals surface area contributed by atoms with Gasteiger partial charge in [-0.1, -0.05) is 12.1 Å². The fourth-order valence-corrected chi connectivity index (χ4v) is 3.60. The number of morpholine rings is 1. The molecule has 0 radical (unpaired) electrons. The first-order valence-electron chi connectivity index (χ1n) is 8.71. The fourth-order valence-electron chi connectivity index (χ4n) is 3.60. The van der Waals surface area contributed by atoms with E-state index in [1.54, 1.807) is 0 Å². The van der Waals surface area contributed by atoms with Crippen molar-refractivity contribution in [2.75, 3.05) is 37.7 Å². The van der Waals surface area contributed by atoms with Crippen LogP contribution in [-0.4, -0.2) is 54.7 Å². The molecule has 1 atom stereocenters. The van der Waals surface area contributed by atoms with Gasteiger partial charge in [0.1, 0.15) is 5.52 Å². The molecule has 0 N–H and O–H groups in total. The summed E-state index contributed by atoms with van der Waals surface area (Å²) in [5.74, 6) is 0.384. The van der Waals surface area contributed by atoms with Crippen molar-refractivity contribution < 1.29 is 13.9 Å². The molecule has 0 bridgehead atoms. The van der Waals surface area contributed by atoms with Gasteiger partial charge in [-0.15, -0.1) is 0 Å². The molecule has 2 fully saturated rings. The number of fused-ring (bicyclic) bond motifs is 1. The van der Waals surface area contributed by atoms with Crippen molar-refractivity contribution >= 4 is 23.0 Å². The molecule has 24 heavy (non-hydrogen) atoms. The maximum Gasteiger partial charge on any atom is 0.298 e. The third-order valence-corrected chi connectivity index (χ3v) is 5.05. The first kappa shape index (κ1) is 15.4. The molecule has 4 rings (SSSR count). The van der Waals surface area contributed by atoms with Crippen LogP contribution < -0.4 is 4.90 Å². The average Bonchev–Trinajstić information content (AvgIpc) is 3.06. The molecule has 3 heterocycles. The van der Waals surface area contributed by atoms with E-state index in [0.29, 0.717) is 25.8 Å². The van der Waals surface area contributed by atoms with Gasteiger partial charge in [-0.2, -0.15) is 4.98 Å². The lowest BCUT2D eigenvalue weighted by atomic mass is 9.94. The van der Waals surface area contributed by atoms with Gasteiger partial charge in [0, 0.05) is 25.6 Å².